The standard InChI is InChI=1S/C14H19ClN2O3/c15-11-3-1-4-12(9-11)20-8-6-16-14(18)17-10-13-5-2-7-19-13/h1,3-4,9,13H,2,5-8,10H2,(H2,16,17,18). The van der Waals surface area contributed by atoms with Crippen LogP contribution < -0.4 is 15.4 Å². The van der Waals surface area contributed by atoms with Gasteiger partial charge in [-0.05, 0) is 31.0 Å². The lowest BCUT2D eigenvalue weighted by molar-refractivity contribution is 0.111. The molecule has 1 fully saturated rings. The van der Waals surface area contributed by atoms with E-state index in [1.54, 1.807) is 12.1 Å². The number of hydrogen-bond acceptors (Lipinski definition) is 3. The van der Waals surface area contributed by atoms with Gasteiger partial charge in [0.25, 0.3) is 0 Å². The molecule has 1 aliphatic heterocycles. The third kappa shape index (κ3) is 5.27. The van der Waals surface area contributed by atoms with Gasteiger partial charge in [-0.15, -0.1) is 0 Å². The SMILES string of the molecule is O=C(NCCOc1cccc(Cl)c1)NCC1CCCO1. The summed E-state index contributed by atoms with van der Waals surface area (Å²) >= 11 is 5.84. The number of hydrogen-bond donors (Lipinski definition) is 2. The molecule has 1 unspecified atom stereocenters. The fourth-order valence-electron chi connectivity index (χ4n) is 1.96. The maximum Gasteiger partial charge on any atom is 0.315 e. The van der Waals surface area contributed by atoms with Crippen LogP contribution in [-0.2, 0) is 4.74 Å². The molecular formula is C14H19ClN2O3. The first kappa shape index (κ1) is 14.9. The maximum absolute atomic E-state index is 11.5. The Balaban J connectivity index is 1.55. The van der Waals surface area contributed by atoms with Crippen LogP contribution in [0.3, 0.4) is 0 Å². The zero-order valence-corrected chi connectivity index (χ0v) is 12.0. The summed E-state index contributed by atoms with van der Waals surface area (Å²) in [5.74, 6) is 0.694. The van der Waals surface area contributed by atoms with Gasteiger partial charge in [0.1, 0.15) is 12.4 Å². The van der Waals surface area contributed by atoms with E-state index in [-0.39, 0.29) is 12.1 Å². The molecule has 20 heavy (non-hydrogen) atoms. The molecule has 1 heterocycles. The quantitative estimate of drug-likeness (QED) is 0.792. The third-order valence-corrected chi connectivity index (χ3v) is 3.20. The first-order chi connectivity index (χ1) is 9.74. The van der Waals surface area contributed by atoms with E-state index in [1.165, 1.54) is 0 Å². The van der Waals surface area contributed by atoms with Crippen LogP contribution in [0.15, 0.2) is 24.3 Å². The summed E-state index contributed by atoms with van der Waals surface area (Å²) in [6.07, 6.45) is 2.24. The average molecular weight is 299 g/mol. The fraction of sp³-hybridized carbons (Fsp3) is 0.500. The molecule has 1 aliphatic rings. The largest absolute Gasteiger partial charge is 0.492 e. The number of carbonyl (C=O) groups is 1. The summed E-state index contributed by atoms with van der Waals surface area (Å²) in [5, 5.41) is 6.14. The van der Waals surface area contributed by atoms with Crippen molar-refractivity contribution in [2.75, 3.05) is 26.3 Å². The highest BCUT2D eigenvalue weighted by molar-refractivity contribution is 6.30. The van der Waals surface area contributed by atoms with E-state index >= 15 is 0 Å². The van der Waals surface area contributed by atoms with Crippen LogP contribution in [0.2, 0.25) is 5.02 Å². The molecule has 0 aromatic heterocycles. The molecule has 1 saturated heterocycles. The van der Waals surface area contributed by atoms with E-state index in [9.17, 15) is 4.79 Å². The van der Waals surface area contributed by atoms with Gasteiger partial charge in [-0.2, -0.15) is 0 Å². The molecule has 2 N–H and O–H groups in total. The lowest BCUT2D eigenvalue weighted by Crippen LogP contribution is -2.41. The Morgan fingerprint density at radius 1 is 1.45 bits per heavy atom. The number of ether oxygens (including phenoxy) is 2. The van der Waals surface area contributed by atoms with Crippen molar-refractivity contribution in [1.82, 2.24) is 10.6 Å². The minimum absolute atomic E-state index is 0.156. The Bertz CT molecular complexity index is 436. The van der Waals surface area contributed by atoms with Crippen molar-refractivity contribution in [3.63, 3.8) is 0 Å². The van der Waals surface area contributed by atoms with Gasteiger partial charge in [0.05, 0.1) is 12.6 Å². The van der Waals surface area contributed by atoms with Crippen molar-refractivity contribution in [1.29, 1.82) is 0 Å². The average Bonchev–Trinajstić information content (AvgIpc) is 2.95. The highest BCUT2D eigenvalue weighted by Gasteiger charge is 2.15. The van der Waals surface area contributed by atoms with Gasteiger partial charge in [0.15, 0.2) is 0 Å². The van der Waals surface area contributed by atoms with Crippen molar-refractivity contribution in [3.05, 3.63) is 29.3 Å². The highest BCUT2D eigenvalue weighted by Crippen LogP contribution is 2.16. The van der Waals surface area contributed by atoms with E-state index in [1.807, 2.05) is 12.1 Å². The van der Waals surface area contributed by atoms with Gasteiger partial charge in [0, 0.05) is 18.2 Å². The molecule has 0 spiro atoms. The number of nitrogens with one attached hydrogen (secondary N) is 2. The van der Waals surface area contributed by atoms with Gasteiger partial charge < -0.3 is 20.1 Å². The molecule has 2 rings (SSSR count). The van der Waals surface area contributed by atoms with Crippen molar-refractivity contribution in [2.45, 2.75) is 18.9 Å². The van der Waals surface area contributed by atoms with Gasteiger partial charge in [-0.3, -0.25) is 0 Å². The number of rotatable bonds is 6. The van der Waals surface area contributed by atoms with Crippen LogP contribution in [0.1, 0.15) is 12.8 Å². The lowest BCUT2D eigenvalue weighted by atomic mass is 10.2. The minimum atomic E-state index is -0.199. The van der Waals surface area contributed by atoms with E-state index < -0.39 is 0 Å². The molecule has 6 heteroatoms. The summed E-state index contributed by atoms with van der Waals surface area (Å²) in [5.41, 5.74) is 0. The summed E-state index contributed by atoms with van der Waals surface area (Å²) in [7, 11) is 0. The predicted octanol–water partition coefficient (Wildman–Crippen LogP) is 2.20. The second-order valence-electron chi connectivity index (χ2n) is 4.58. The topological polar surface area (TPSA) is 59.6 Å². The van der Waals surface area contributed by atoms with Crippen LogP contribution in [0.4, 0.5) is 4.79 Å². The number of benzene rings is 1. The molecule has 2 amide bonds. The molecule has 0 aliphatic carbocycles. The molecule has 1 atom stereocenters. The number of halogens is 1. The Labute approximate surface area is 123 Å². The van der Waals surface area contributed by atoms with Crippen molar-refractivity contribution >= 4 is 17.6 Å². The van der Waals surface area contributed by atoms with Crippen molar-refractivity contribution in [2.24, 2.45) is 0 Å². The monoisotopic (exact) mass is 298 g/mol. The van der Waals surface area contributed by atoms with Crippen LogP contribution in [0.25, 0.3) is 0 Å². The van der Waals surface area contributed by atoms with Crippen LogP contribution >= 0.6 is 11.6 Å². The first-order valence-corrected chi connectivity index (χ1v) is 7.13. The lowest BCUT2D eigenvalue weighted by Gasteiger charge is -2.12. The molecule has 110 valence electrons. The van der Waals surface area contributed by atoms with Gasteiger partial charge in [0.2, 0.25) is 0 Å². The predicted molar refractivity (Wildman–Crippen MR) is 77.3 cm³/mol. The highest BCUT2D eigenvalue weighted by atomic mass is 35.5. The van der Waals surface area contributed by atoms with Crippen LogP contribution in [0, 0.1) is 0 Å². The molecule has 0 bridgehead atoms. The molecular weight excluding hydrogens is 280 g/mol. The molecule has 1 aromatic carbocycles. The summed E-state index contributed by atoms with van der Waals surface area (Å²) < 4.78 is 10.9. The smallest absolute Gasteiger partial charge is 0.315 e. The Morgan fingerprint density at radius 2 is 2.35 bits per heavy atom. The van der Waals surface area contributed by atoms with Crippen LogP contribution in [-0.4, -0.2) is 38.4 Å². The van der Waals surface area contributed by atoms with Gasteiger partial charge in [-0.1, -0.05) is 17.7 Å². The molecule has 0 saturated carbocycles. The second-order valence-corrected chi connectivity index (χ2v) is 5.01. The zero-order valence-electron chi connectivity index (χ0n) is 11.2. The van der Waals surface area contributed by atoms with E-state index in [2.05, 4.69) is 10.6 Å². The van der Waals surface area contributed by atoms with Gasteiger partial charge in [-0.25, -0.2) is 4.79 Å². The van der Waals surface area contributed by atoms with E-state index in [4.69, 9.17) is 21.1 Å². The van der Waals surface area contributed by atoms with Gasteiger partial charge >= 0.3 is 6.03 Å². The number of carbonyl (C=O) groups excluding carboxylic acids is 1. The molecule has 1 aromatic rings. The normalized spacial score (nSPS) is 17.8. The summed E-state index contributed by atoms with van der Waals surface area (Å²) in [6, 6.07) is 6.96. The number of amides is 2. The van der Waals surface area contributed by atoms with E-state index in [0.717, 1.165) is 19.4 Å². The Kier molecular flexibility index (Phi) is 5.95. The Morgan fingerprint density at radius 3 is 3.10 bits per heavy atom. The first-order valence-electron chi connectivity index (χ1n) is 6.76. The number of urea groups is 1. The molecule has 5 nitrogen and oxygen atoms in total. The second kappa shape index (κ2) is 7.97. The summed E-state index contributed by atoms with van der Waals surface area (Å²) in [4.78, 5) is 11.5. The van der Waals surface area contributed by atoms with E-state index in [0.29, 0.717) is 30.5 Å². The zero-order chi connectivity index (χ0) is 14.2. The molecule has 0 radical (unpaired) electrons. The third-order valence-electron chi connectivity index (χ3n) is 2.97. The van der Waals surface area contributed by atoms with Crippen molar-refractivity contribution in [3.8, 4) is 5.75 Å². The Hall–Kier alpha value is -1.46. The minimum Gasteiger partial charge on any atom is -0.492 e. The van der Waals surface area contributed by atoms with Crippen molar-refractivity contribution < 1.29 is 14.3 Å². The maximum atomic E-state index is 11.5. The van der Waals surface area contributed by atoms with Crippen LogP contribution in [0.5, 0.6) is 5.75 Å². The fourth-order valence-corrected chi connectivity index (χ4v) is 2.14. The summed E-state index contributed by atoms with van der Waals surface area (Å²) in [6.45, 7) is 2.18.